The number of anilines is 2. The maximum Gasteiger partial charge on any atom is 0.414 e. The maximum absolute atomic E-state index is 12.7. The van der Waals surface area contributed by atoms with E-state index in [0.717, 1.165) is 33.4 Å². The molecule has 12 nitrogen and oxygen atoms in total. The van der Waals surface area contributed by atoms with Gasteiger partial charge in [0.15, 0.2) is 0 Å². The number of fused-ring (bicyclic) bond motifs is 3. The van der Waals surface area contributed by atoms with E-state index >= 15 is 0 Å². The zero-order chi connectivity index (χ0) is 29.9. The summed E-state index contributed by atoms with van der Waals surface area (Å²) in [5.41, 5.74) is 2.77. The Kier molecular flexibility index (Phi) is 8.09. The summed E-state index contributed by atoms with van der Waals surface area (Å²) in [7, 11) is 0. The minimum Gasteiger partial charge on any atom is -0.457 e. The lowest BCUT2D eigenvalue weighted by Gasteiger charge is -2.39. The van der Waals surface area contributed by atoms with Crippen molar-refractivity contribution < 1.29 is 39.4 Å². The van der Waals surface area contributed by atoms with Gasteiger partial charge in [-0.15, -0.1) is 0 Å². The van der Waals surface area contributed by atoms with Crippen LogP contribution in [-0.4, -0.2) is 73.8 Å². The van der Waals surface area contributed by atoms with Crippen LogP contribution >= 0.6 is 0 Å². The van der Waals surface area contributed by atoms with Gasteiger partial charge in [-0.3, -0.25) is 5.32 Å². The molecule has 2 aromatic heterocycles. The molecule has 5 atom stereocenters. The number of H-pyrrole nitrogens is 1. The van der Waals surface area contributed by atoms with Crippen molar-refractivity contribution in [2.24, 2.45) is 0 Å². The highest BCUT2D eigenvalue weighted by molar-refractivity contribution is 6.13. The number of aliphatic hydroxyl groups excluding tert-OH is 4. The molecule has 0 spiro atoms. The molecule has 6 rings (SSSR count). The molecule has 0 saturated carbocycles. The first-order chi connectivity index (χ1) is 20.9. The number of aromatic nitrogens is 2. The zero-order valence-corrected chi connectivity index (χ0v) is 22.8. The predicted octanol–water partition coefficient (Wildman–Crippen LogP) is 3.47. The average Bonchev–Trinajstić information content (AvgIpc) is 3.40. The highest BCUT2D eigenvalue weighted by Crippen LogP contribution is 2.32. The van der Waals surface area contributed by atoms with Crippen LogP contribution in [0.1, 0.15) is 5.56 Å². The molecule has 5 aromatic rings. The molecule has 0 radical (unpaired) electrons. The summed E-state index contributed by atoms with van der Waals surface area (Å²) in [5.74, 6) is 2.15. The fourth-order valence-corrected chi connectivity index (χ4v) is 4.97. The van der Waals surface area contributed by atoms with Gasteiger partial charge in [-0.2, -0.15) is 0 Å². The number of aromatic amines is 1. The van der Waals surface area contributed by atoms with Gasteiger partial charge in [0.1, 0.15) is 41.7 Å². The largest absolute Gasteiger partial charge is 0.457 e. The molecule has 1 aliphatic heterocycles. The second-order valence-corrected chi connectivity index (χ2v) is 10.1. The second-order valence-electron chi connectivity index (χ2n) is 10.1. The molecule has 0 aliphatic carbocycles. The Balaban J connectivity index is 1.15. The molecule has 222 valence electrons. The van der Waals surface area contributed by atoms with Gasteiger partial charge >= 0.3 is 6.09 Å². The Bertz CT molecular complexity index is 1730. The third-order valence-corrected chi connectivity index (χ3v) is 7.18. The standard InChI is InChI=1S/C31H30N4O8/c36-16-24-27(37)28(38)29(39)30(42-24)43-31(40)35-22-11-5-10-20-21-13-25(33-15-23(21)34-26(20)22)32-14-17-6-4-9-19(12-17)41-18-7-2-1-3-8-18/h1-13,15,24,27-30,34,36-39H,14,16H2,(H,32,33)(H,35,40)/t24-,27-,28+,29-,30?/m1/s1. The van der Waals surface area contributed by atoms with Gasteiger partial charge < -0.3 is 44.9 Å². The van der Waals surface area contributed by atoms with E-state index in [9.17, 15) is 25.2 Å². The van der Waals surface area contributed by atoms with E-state index < -0.39 is 43.4 Å². The van der Waals surface area contributed by atoms with Crippen molar-refractivity contribution in [2.75, 3.05) is 17.2 Å². The molecule has 1 unspecified atom stereocenters. The number of aliphatic hydroxyl groups is 4. The summed E-state index contributed by atoms with van der Waals surface area (Å²) in [5, 5.41) is 47.1. The Labute approximate surface area is 245 Å². The van der Waals surface area contributed by atoms with Crippen LogP contribution < -0.4 is 15.4 Å². The monoisotopic (exact) mass is 586 g/mol. The van der Waals surface area contributed by atoms with E-state index in [0.29, 0.717) is 23.6 Å². The van der Waals surface area contributed by atoms with Crippen molar-refractivity contribution in [1.29, 1.82) is 0 Å². The first-order valence-corrected chi connectivity index (χ1v) is 13.6. The smallest absolute Gasteiger partial charge is 0.414 e. The third kappa shape index (κ3) is 6.09. The molecule has 0 bridgehead atoms. The number of carbonyl (C=O) groups excluding carboxylic acids is 1. The molecule has 43 heavy (non-hydrogen) atoms. The van der Waals surface area contributed by atoms with Gasteiger partial charge in [0.2, 0.25) is 6.29 Å². The van der Waals surface area contributed by atoms with Crippen LogP contribution in [0, 0.1) is 0 Å². The van der Waals surface area contributed by atoms with E-state index in [2.05, 4.69) is 20.6 Å². The van der Waals surface area contributed by atoms with Crippen molar-refractivity contribution in [1.82, 2.24) is 9.97 Å². The molecule has 3 heterocycles. The summed E-state index contributed by atoms with van der Waals surface area (Å²) < 4.78 is 16.4. The summed E-state index contributed by atoms with van der Waals surface area (Å²) >= 11 is 0. The van der Waals surface area contributed by atoms with Crippen molar-refractivity contribution >= 4 is 39.4 Å². The van der Waals surface area contributed by atoms with Gasteiger partial charge in [-0.05, 0) is 42.0 Å². The van der Waals surface area contributed by atoms with Crippen molar-refractivity contribution in [3.8, 4) is 11.5 Å². The van der Waals surface area contributed by atoms with E-state index in [1.54, 1.807) is 18.3 Å². The Morgan fingerprint density at radius 2 is 1.70 bits per heavy atom. The fourth-order valence-electron chi connectivity index (χ4n) is 4.97. The van der Waals surface area contributed by atoms with Crippen LogP contribution in [-0.2, 0) is 16.0 Å². The molecule has 1 saturated heterocycles. The van der Waals surface area contributed by atoms with Gasteiger partial charge in [0, 0.05) is 17.3 Å². The van der Waals surface area contributed by atoms with Gasteiger partial charge in [0.25, 0.3) is 0 Å². The molecule has 1 fully saturated rings. The van der Waals surface area contributed by atoms with E-state index in [1.165, 1.54) is 0 Å². The Morgan fingerprint density at radius 3 is 2.51 bits per heavy atom. The maximum atomic E-state index is 12.7. The van der Waals surface area contributed by atoms with Crippen LogP contribution in [0.2, 0.25) is 0 Å². The number of hydrogen-bond acceptors (Lipinski definition) is 10. The number of para-hydroxylation sites is 2. The number of nitrogens with zero attached hydrogens (tertiary/aromatic N) is 1. The van der Waals surface area contributed by atoms with E-state index in [4.69, 9.17) is 14.2 Å². The molecular formula is C31H30N4O8. The first kappa shape index (κ1) is 28.4. The molecule has 7 N–H and O–H groups in total. The quantitative estimate of drug-likeness (QED) is 0.142. The summed E-state index contributed by atoms with van der Waals surface area (Å²) in [6.45, 7) is -0.121. The normalized spacial score (nSPS) is 21.9. The number of nitrogens with one attached hydrogen (secondary N) is 3. The summed E-state index contributed by atoms with van der Waals surface area (Å²) in [6, 6.07) is 24.6. The van der Waals surface area contributed by atoms with Crippen molar-refractivity contribution in [2.45, 2.75) is 37.3 Å². The average molecular weight is 587 g/mol. The lowest BCUT2D eigenvalue weighted by molar-refractivity contribution is -0.283. The molecule has 3 aromatic carbocycles. The summed E-state index contributed by atoms with van der Waals surface area (Å²) in [6.07, 6.45) is -6.99. The van der Waals surface area contributed by atoms with E-state index in [-0.39, 0.29) is 0 Å². The number of ether oxygens (including phenoxy) is 3. The molecule has 12 heteroatoms. The van der Waals surface area contributed by atoms with Crippen LogP contribution in [0.15, 0.2) is 85.1 Å². The number of hydrogen-bond donors (Lipinski definition) is 7. The van der Waals surface area contributed by atoms with Gasteiger partial charge in [0.05, 0.1) is 29.5 Å². The lowest BCUT2D eigenvalue weighted by atomic mass is 9.99. The number of rotatable bonds is 8. The highest BCUT2D eigenvalue weighted by Gasteiger charge is 2.45. The number of benzene rings is 3. The minimum atomic E-state index is -1.71. The molecule has 1 amide bonds. The van der Waals surface area contributed by atoms with Crippen LogP contribution in [0.3, 0.4) is 0 Å². The number of amides is 1. The lowest BCUT2D eigenvalue weighted by Crippen LogP contribution is -2.59. The summed E-state index contributed by atoms with van der Waals surface area (Å²) in [4.78, 5) is 20.5. The second kappa shape index (κ2) is 12.3. The van der Waals surface area contributed by atoms with Crippen molar-refractivity contribution in [3.05, 3.63) is 90.6 Å². The fraction of sp³-hybridized carbons (Fsp3) is 0.226. The topological polar surface area (TPSA) is 178 Å². The highest BCUT2D eigenvalue weighted by atomic mass is 16.7. The van der Waals surface area contributed by atoms with Crippen LogP contribution in [0.25, 0.3) is 21.8 Å². The van der Waals surface area contributed by atoms with E-state index in [1.807, 2.05) is 66.7 Å². The van der Waals surface area contributed by atoms with Crippen LogP contribution in [0.5, 0.6) is 11.5 Å². The zero-order valence-electron chi connectivity index (χ0n) is 22.8. The Hall–Kier alpha value is -4.72. The first-order valence-electron chi connectivity index (χ1n) is 13.6. The number of pyridine rings is 1. The third-order valence-electron chi connectivity index (χ3n) is 7.18. The molecular weight excluding hydrogens is 556 g/mol. The van der Waals surface area contributed by atoms with Gasteiger partial charge in [-0.1, -0.05) is 42.5 Å². The Morgan fingerprint density at radius 1 is 0.907 bits per heavy atom. The predicted molar refractivity (Wildman–Crippen MR) is 158 cm³/mol. The molecule has 1 aliphatic rings. The van der Waals surface area contributed by atoms with Crippen molar-refractivity contribution in [3.63, 3.8) is 0 Å². The van der Waals surface area contributed by atoms with Crippen LogP contribution in [0.4, 0.5) is 16.3 Å². The number of carbonyl (C=O) groups is 1. The minimum absolute atomic E-state index is 0.396. The van der Waals surface area contributed by atoms with Gasteiger partial charge in [-0.25, -0.2) is 9.78 Å². The SMILES string of the molecule is O=C(Nc1cccc2c1[nH]c1cnc(NCc3cccc(Oc4ccccc4)c3)cc12)OC1O[C@H](CO)[C@@H](O)[C@H](O)[C@H]1O.